The van der Waals surface area contributed by atoms with Gasteiger partial charge in [0, 0.05) is 17.9 Å². The van der Waals surface area contributed by atoms with Crippen LogP contribution in [-0.2, 0) is 11.2 Å². The van der Waals surface area contributed by atoms with Crippen LogP contribution in [0.3, 0.4) is 0 Å². The molecule has 4 heteroatoms. The van der Waals surface area contributed by atoms with Crippen LogP contribution in [0.2, 0.25) is 0 Å². The van der Waals surface area contributed by atoms with Crippen molar-refractivity contribution in [1.29, 1.82) is 0 Å². The Labute approximate surface area is 114 Å². The van der Waals surface area contributed by atoms with E-state index in [2.05, 4.69) is 15.9 Å². The molecule has 1 aromatic rings. The molecule has 2 rings (SSSR count). The maximum atomic E-state index is 13.8. The minimum Gasteiger partial charge on any atom is -0.299 e. The van der Waals surface area contributed by atoms with Crippen molar-refractivity contribution < 1.29 is 13.6 Å². The molecular formula is C14H15BrF2O. The van der Waals surface area contributed by atoms with Crippen molar-refractivity contribution in [3.8, 4) is 0 Å². The summed E-state index contributed by atoms with van der Waals surface area (Å²) in [6.07, 6.45) is 4.36. The van der Waals surface area contributed by atoms with Gasteiger partial charge in [-0.15, -0.1) is 0 Å². The molecule has 0 bridgehead atoms. The second kappa shape index (κ2) is 5.91. The topological polar surface area (TPSA) is 17.1 Å². The molecular weight excluding hydrogens is 302 g/mol. The Balaban J connectivity index is 2.22. The number of Topliss-reactive ketones (excluding diaryl/α,β-unsaturated/α-hetero) is 1. The van der Waals surface area contributed by atoms with Crippen molar-refractivity contribution in [3.63, 3.8) is 0 Å². The van der Waals surface area contributed by atoms with Gasteiger partial charge in [0.2, 0.25) is 0 Å². The predicted octanol–water partition coefficient (Wildman–Crippen LogP) is 4.42. The summed E-state index contributed by atoms with van der Waals surface area (Å²) in [5.41, 5.74) is 0.0321. The first-order valence-electron chi connectivity index (χ1n) is 6.24. The van der Waals surface area contributed by atoms with E-state index >= 15 is 0 Å². The van der Waals surface area contributed by atoms with Crippen molar-refractivity contribution in [2.24, 2.45) is 5.92 Å². The van der Waals surface area contributed by atoms with Gasteiger partial charge in [0.05, 0.1) is 4.47 Å². The van der Waals surface area contributed by atoms with Gasteiger partial charge >= 0.3 is 0 Å². The molecule has 0 saturated heterocycles. The molecule has 0 spiro atoms. The summed E-state index contributed by atoms with van der Waals surface area (Å²) < 4.78 is 27.7. The van der Waals surface area contributed by atoms with Crippen molar-refractivity contribution in [1.82, 2.24) is 0 Å². The normalized spacial score (nSPS) is 20.8. The minimum absolute atomic E-state index is 0.0321. The molecule has 0 heterocycles. The number of benzene rings is 1. The van der Waals surface area contributed by atoms with E-state index in [1.54, 1.807) is 0 Å². The summed E-state index contributed by atoms with van der Waals surface area (Å²) >= 11 is 3.05. The SMILES string of the molecule is O=C1CCCCCC1Cc1c(F)ccc(Br)c1F. The standard InChI is InChI=1S/C14H15BrF2O/c15-11-6-7-12(16)10(14(11)17)8-9-4-2-1-3-5-13(9)18/h6-7,9H,1-5,8H2. The summed E-state index contributed by atoms with van der Waals surface area (Å²) in [5, 5.41) is 0. The van der Waals surface area contributed by atoms with E-state index in [0.29, 0.717) is 6.42 Å². The Kier molecular flexibility index (Phi) is 4.49. The first-order valence-corrected chi connectivity index (χ1v) is 7.04. The Morgan fingerprint density at radius 2 is 2.00 bits per heavy atom. The molecule has 0 aliphatic heterocycles. The zero-order chi connectivity index (χ0) is 13.1. The molecule has 0 aromatic heterocycles. The molecule has 1 unspecified atom stereocenters. The van der Waals surface area contributed by atoms with Crippen molar-refractivity contribution >= 4 is 21.7 Å². The lowest BCUT2D eigenvalue weighted by Crippen LogP contribution is -2.17. The number of halogens is 3. The quantitative estimate of drug-likeness (QED) is 0.583. The van der Waals surface area contributed by atoms with Crippen LogP contribution in [0.4, 0.5) is 8.78 Å². The summed E-state index contributed by atoms with van der Waals surface area (Å²) in [6.45, 7) is 0. The minimum atomic E-state index is -0.577. The molecule has 1 saturated carbocycles. The summed E-state index contributed by atoms with van der Waals surface area (Å²) in [7, 11) is 0. The van der Waals surface area contributed by atoms with Gasteiger partial charge in [0.25, 0.3) is 0 Å². The molecule has 18 heavy (non-hydrogen) atoms. The second-order valence-corrected chi connectivity index (χ2v) is 5.64. The van der Waals surface area contributed by atoms with Crippen molar-refractivity contribution in [3.05, 3.63) is 33.8 Å². The number of rotatable bonds is 2. The summed E-state index contributed by atoms with van der Waals surface area (Å²) in [5.74, 6) is -1.23. The third-order valence-corrected chi connectivity index (χ3v) is 4.13. The van der Waals surface area contributed by atoms with E-state index in [9.17, 15) is 13.6 Å². The highest BCUT2D eigenvalue weighted by atomic mass is 79.9. The Bertz CT molecular complexity index is 459. The van der Waals surface area contributed by atoms with Crippen LogP contribution in [0.25, 0.3) is 0 Å². The van der Waals surface area contributed by atoms with Gasteiger partial charge in [-0.2, -0.15) is 0 Å². The molecule has 1 nitrogen and oxygen atoms in total. The molecule has 98 valence electrons. The van der Waals surface area contributed by atoms with E-state index < -0.39 is 11.6 Å². The molecule has 0 N–H and O–H groups in total. The lowest BCUT2D eigenvalue weighted by molar-refractivity contribution is -0.122. The lowest BCUT2D eigenvalue weighted by Gasteiger charge is -2.14. The van der Waals surface area contributed by atoms with Crippen LogP contribution in [0.15, 0.2) is 16.6 Å². The molecule has 1 aromatic carbocycles. The fourth-order valence-electron chi connectivity index (χ4n) is 2.45. The zero-order valence-corrected chi connectivity index (χ0v) is 11.6. The van der Waals surface area contributed by atoms with Gasteiger partial charge in [-0.05, 0) is 47.3 Å². The molecule has 1 fully saturated rings. The largest absolute Gasteiger partial charge is 0.299 e. The molecule has 0 amide bonds. The van der Waals surface area contributed by atoms with Gasteiger partial charge in [-0.25, -0.2) is 8.78 Å². The van der Waals surface area contributed by atoms with E-state index in [1.807, 2.05) is 0 Å². The zero-order valence-electron chi connectivity index (χ0n) is 10.0. The fraction of sp³-hybridized carbons (Fsp3) is 0.500. The van der Waals surface area contributed by atoms with Crippen LogP contribution >= 0.6 is 15.9 Å². The number of carbonyl (C=O) groups excluding carboxylic acids is 1. The second-order valence-electron chi connectivity index (χ2n) is 4.79. The van der Waals surface area contributed by atoms with Crippen LogP contribution in [0.5, 0.6) is 0 Å². The van der Waals surface area contributed by atoms with Gasteiger partial charge in [0.15, 0.2) is 0 Å². The number of carbonyl (C=O) groups is 1. The fourth-order valence-corrected chi connectivity index (χ4v) is 2.82. The Morgan fingerprint density at radius 3 is 2.78 bits per heavy atom. The monoisotopic (exact) mass is 316 g/mol. The van der Waals surface area contributed by atoms with Crippen LogP contribution in [-0.4, -0.2) is 5.78 Å². The summed E-state index contributed by atoms with van der Waals surface area (Å²) in [4.78, 5) is 11.9. The average Bonchev–Trinajstić information content (AvgIpc) is 2.55. The highest BCUT2D eigenvalue weighted by Crippen LogP contribution is 2.28. The lowest BCUT2D eigenvalue weighted by atomic mass is 9.91. The molecule has 1 aliphatic rings. The first kappa shape index (κ1) is 13.7. The van der Waals surface area contributed by atoms with Gasteiger partial charge in [0.1, 0.15) is 17.4 Å². The Morgan fingerprint density at radius 1 is 1.22 bits per heavy atom. The van der Waals surface area contributed by atoms with E-state index in [-0.39, 0.29) is 28.2 Å². The van der Waals surface area contributed by atoms with Gasteiger partial charge in [-0.3, -0.25) is 4.79 Å². The van der Waals surface area contributed by atoms with E-state index in [0.717, 1.165) is 25.7 Å². The van der Waals surface area contributed by atoms with E-state index in [1.165, 1.54) is 12.1 Å². The number of ketones is 1. The van der Waals surface area contributed by atoms with Crippen molar-refractivity contribution in [2.45, 2.75) is 38.5 Å². The van der Waals surface area contributed by atoms with Gasteiger partial charge in [-0.1, -0.05) is 12.8 Å². The van der Waals surface area contributed by atoms with Crippen molar-refractivity contribution in [2.75, 3.05) is 0 Å². The number of hydrogen-bond donors (Lipinski definition) is 0. The molecule has 0 radical (unpaired) electrons. The number of hydrogen-bond acceptors (Lipinski definition) is 1. The third kappa shape index (κ3) is 2.97. The average molecular weight is 317 g/mol. The molecule has 1 atom stereocenters. The molecule has 1 aliphatic carbocycles. The van der Waals surface area contributed by atoms with E-state index in [4.69, 9.17) is 0 Å². The smallest absolute Gasteiger partial charge is 0.143 e. The van der Waals surface area contributed by atoms with Gasteiger partial charge < -0.3 is 0 Å². The first-order chi connectivity index (χ1) is 8.59. The predicted molar refractivity (Wildman–Crippen MR) is 69.3 cm³/mol. The maximum absolute atomic E-state index is 13.8. The van der Waals surface area contributed by atoms with Crippen LogP contribution in [0, 0.1) is 17.6 Å². The summed E-state index contributed by atoms with van der Waals surface area (Å²) in [6, 6.07) is 2.59. The highest BCUT2D eigenvalue weighted by molar-refractivity contribution is 9.10. The Hall–Kier alpha value is -0.770. The third-order valence-electron chi connectivity index (χ3n) is 3.52. The van der Waals surface area contributed by atoms with Crippen LogP contribution < -0.4 is 0 Å². The van der Waals surface area contributed by atoms with Crippen LogP contribution in [0.1, 0.15) is 37.7 Å². The maximum Gasteiger partial charge on any atom is 0.143 e. The highest BCUT2D eigenvalue weighted by Gasteiger charge is 2.24.